The quantitative estimate of drug-likeness (QED) is 0.836. The number of carbonyl (C=O) groups is 1. The summed E-state index contributed by atoms with van der Waals surface area (Å²) < 4.78 is 11.0. The Morgan fingerprint density at radius 2 is 1.93 bits per heavy atom. The zero-order valence-corrected chi connectivity index (χ0v) is 16.2. The number of benzene rings is 2. The number of hydrogen-bond donors (Lipinski definition) is 1. The molecule has 1 saturated heterocycles. The fourth-order valence-electron chi connectivity index (χ4n) is 4.09. The van der Waals surface area contributed by atoms with E-state index in [1.165, 1.54) is 12.0 Å². The van der Waals surface area contributed by atoms with Gasteiger partial charge in [-0.3, -0.25) is 4.79 Å². The molecule has 1 N–H and O–H groups in total. The lowest BCUT2D eigenvalue weighted by Gasteiger charge is -2.33. The normalized spacial score (nSPS) is 22.1. The van der Waals surface area contributed by atoms with Crippen molar-refractivity contribution in [1.82, 2.24) is 10.2 Å². The highest BCUT2D eigenvalue weighted by atomic mass is 16.7. The van der Waals surface area contributed by atoms with Crippen LogP contribution in [0.15, 0.2) is 54.6 Å². The topological polar surface area (TPSA) is 50.8 Å². The van der Waals surface area contributed by atoms with Gasteiger partial charge in [0.1, 0.15) is 5.75 Å². The number of nitrogens with one attached hydrogen (secondary N) is 1. The molecule has 28 heavy (non-hydrogen) atoms. The first-order chi connectivity index (χ1) is 13.8. The fourth-order valence-corrected chi connectivity index (χ4v) is 4.09. The first kappa shape index (κ1) is 19.0. The van der Waals surface area contributed by atoms with Crippen LogP contribution in [-0.4, -0.2) is 43.8 Å². The van der Waals surface area contributed by atoms with Crippen molar-refractivity contribution in [2.75, 3.05) is 33.0 Å². The molecular formula is C23H28N2O3. The minimum Gasteiger partial charge on any atom is -0.467 e. The van der Waals surface area contributed by atoms with Gasteiger partial charge < -0.3 is 19.7 Å². The predicted octanol–water partition coefficient (Wildman–Crippen LogP) is 3.17. The molecule has 2 aromatic rings. The molecule has 2 aliphatic rings. The van der Waals surface area contributed by atoms with Gasteiger partial charge in [0.15, 0.2) is 12.9 Å². The average molecular weight is 380 g/mol. The van der Waals surface area contributed by atoms with Crippen molar-refractivity contribution in [2.45, 2.75) is 25.4 Å². The smallest absolute Gasteiger partial charge is 0.254 e. The summed E-state index contributed by atoms with van der Waals surface area (Å²) in [6.07, 6.45) is 2.84. The van der Waals surface area contributed by atoms with E-state index in [1.54, 1.807) is 0 Å². The second-order valence-corrected chi connectivity index (χ2v) is 7.64. The van der Waals surface area contributed by atoms with E-state index in [0.717, 1.165) is 43.8 Å². The Hall–Kier alpha value is -2.37. The Bertz CT molecular complexity index is 780. The molecule has 2 aliphatic heterocycles. The number of amides is 1. The molecule has 0 unspecified atom stereocenters. The van der Waals surface area contributed by atoms with Gasteiger partial charge in [-0.15, -0.1) is 0 Å². The largest absolute Gasteiger partial charge is 0.467 e. The Balaban J connectivity index is 1.26. The maximum Gasteiger partial charge on any atom is 0.254 e. The van der Waals surface area contributed by atoms with E-state index in [2.05, 4.69) is 40.5 Å². The molecule has 5 nitrogen and oxygen atoms in total. The fraction of sp³-hybridized carbons (Fsp3) is 0.435. The van der Waals surface area contributed by atoms with Gasteiger partial charge in [0.2, 0.25) is 0 Å². The van der Waals surface area contributed by atoms with Gasteiger partial charge in [0, 0.05) is 25.2 Å². The third-order valence-corrected chi connectivity index (χ3v) is 5.62. The van der Waals surface area contributed by atoms with Crippen LogP contribution in [0.2, 0.25) is 0 Å². The van der Waals surface area contributed by atoms with Crippen LogP contribution in [0, 0.1) is 5.92 Å². The first-order valence-corrected chi connectivity index (χ1v) is 10.2. The van der Waals surface area contributed by atoms with Crippen molar-refractivity contribution < 1.29 is 14.3 Å². The number of likely N-dealkylation sites (tertiary alicyclic amines) is 1. The van der Waals surface area contributed by atoms with E-state index in [4.69, 9.17) is 9.47 Å². The summed E-state index contributed by atoms with van der Waals surface area (Å²) in [4.78, 5) is 15.2. The second-order valence-electron chi connectivity index (χ2n) is 7.64. The number of rotatable bonds is 6. The zero-order valence-electron chi connectivity index (χ0n) is 16.2. The summed E-state index contributed by atoms with van der Waals surface area (Å²) in [6.45, 7) is 4.08. The summed E-state index contributed by atoms with van der Waals surface area (Å²) in [6, 6.07) is 18.2. The molecular weight excluding hydrogens is 352 g/mol. The van der Waals surface area contributed by atoms with Crippen LogP contribution >= 0.6 is 0 Å². The van der Waals surface area contributed by atoms with Crippen molar-refractivity contribution in [3.63, 3.8) is 0 Å². The highest BCUT2D eigenvalue weighted by Crippen LogP contribution is 2.31. The summed E-state index contributed by atoms with van der Waals surface area (Å²) in [5.74, 6) is 1.15. The molecule has 4 rings (SSSR count). The van der Waals surface area contributed by atoms with Crippen molar-refractivity contribution in [2.24, 2.45) is 5.92 Å². The standard InChI is InChI=1S/C23H28N2O3/c26-23(22-20-10-4-5-11-21(20)27-17-28-22)24-15-19-9-6-13-25(16-19)14-12-18-7-2-1-3-8-18/h1-5,7-8,10-11,19,22H,6,9,12-17H2,(H,24,26)/t19-,22+/m1/s1. The molecule has 5 heteroatoms. The molecule has 0 spiro atoms. The average Bonchev–Trinajstić information content (AvgIpc) is 2.77. The molecule has 148 valence electrons. The summed E-state index contributed by atoms with van der Waals surface area (Å²) in [5.41, 5.74) is 2.19. The summed E-state index contributed by atoms with van der Waals surface area (Å²) in [7, 11) is 0. The van der Waals surface area contributed by atoms with Crippen LogP contribution in [-0.2, 0) is 16.0 Å². The molecule has 0 aliphatic carbocycles. The van der Waals surface area contributed by atoms with E-state index in [-0.39, 0.29) is 12.7 Å². The van der Waals surface area contributed by atoms with Crippen molar-refractivity contribution in [3.05, 3.63) is 65.7 Å². The van der Waals surface area contributed by atoms with Gasteiger partial charge in [-0.2, -0.15) is 0 Å². The van der Waals surface area contributed by atoms with Gasteiger partial charge in [-0.25, -0.2) is 0 Å². The molecule has 0 saturated carbocycles. The van der Waals surface area contributed by atoms with E-state index >= 15 is 0 Å². The van der Waals surface area contributed by atoms with Gasteiger partial charge in [-0.05, 0) is 43.4 Å². The molecule has 1 fully saturated rings. The molecule has 1 amide bonds. The lowest BCUT2D eigenvalue weighted by molar-refractivity contribution is -0.142. The number of piperidine rings is 1. The number of carbonyl (C=O) groups excluding carboxylic acids is 1. The Morgan fingerprint density at radius 1 is 1.11 bits per heavy atom. The van der Waals surface area contributed by atoms with Gasteiger partial charge in [0.25, 0.3) is 5.91 Å². The molecule has 0 bridgehead atoms. The van der Waals surface area contributed by atoms with Crippen molar-refractivity contribution >= 4 is 5.91 Å². The first-order valence-electron chi connectivity index (χ1n) is 10.2. The maximum atomic E-state index is 12.7. The minimum absolute atomic E-state index is 0.0721. The molecule has 2 aromatic carbocycles. The summed E-state index contributed by atoms with van der Waals surface area (Å²) in [5, 5.41) is 3.11. The van der Waals surface area contributed by atoms with Crippen LogP contribution in [0.4, 0.5) is 0 Å². The number of para-hydroxylation sites is 1. The number of ether oxygens (including phenoxy) is 2. The number of fused-ring (bicyclic) bond motifs is 1. The predicted molar refractivity (Wildman–Crippen MR) is 108 cm³/mol. The molecule has 2 atom stereocenters. The van der Waals surface area contributed by atoms with Crippen LogP contribution in [0.25, 0.3) is 0 Å². The zero-order chi connectivity index (χ0) is 19.2. The second kappa shape index (κ2) is 9.22. The number of nitrogens with zero attached hydrogens (tertiary/aromatic N) is 1. The van der Waals surface area contributed by atoms with E-state index < -0.39 is 6.10 Å². The van der Waals surface area contributed by atoms with E-state index in [1.807, 2.05) is 24.3 Å². The SMILES string of the molecule is O=C(NC[C@H]1CCCN(CCc2ccccc2)C1)[C@H]1OCOc2ccccc21. The van der Waals surface area contributed by atoms with Crippen LogP contribution in [0.3, 0.4) is 0 Å². The van der Waals surface area contributed by atoms with Crippen LogP contribution in [0.1, 0.15) is 30.1 Å². The van der Waals surface area contributed by atoms with E-state index in [9.17, 15) is 4.79 Å². The van der Waals surface area contributed by atoms with Gasteiger partial charge in [0.05, 0.1) is 0 Å². The molecule has 2 heterocycles. The maximum absolute atomic E-state index is 12.7. The lowest BCUT2D eigenvalue weighted by atomic mass is 9.97. The lowest BCUT2D eigenvalue weighted by Crippen LogP contribution is -2.43. The van der Waals surface area contributed by atoms with Gasteiger partial charge >= 0.3 is 0 Å². The van der Waals surface area contributed by atoms with Crippen LogP contribution < -0.4 is 10.1 Å². The highest BCUT2D eigenvalue weighted by molar-refractivity contribution is 5.83. The third-order valence-electron chi connectivity index (χ3n) is 5.62. The number of hydrogen-bond acceptors (Lipinski definition) is 4. The van der Waals surface area contributed by atoms with Crippen molar-refractivity contribution in [1.29, 1.82) is 0 Å². The Kier molecular flexibility index (Phi) is 6.24. The Morgan fingerprint density at radius 3 is 2.82 bits per heavy atom. The third kappa shape index (κ3) is 4.72. The summed E-state index contributed by atoms with van der Waals surface area (Å²) >= 11 is 0. The Labute approximate surface area is 166 Å². The van der Waals surface area contributed by atoms with E-state index in [0.29, 0.717) is 12.5 Å². The highest BCUT2D eigenvalue weighted by Gasteiger charge is 2.29. The molecule has 0 radical (unpaired) electrons. The van der Waals surface area contributed by atoms with Gasteiger partial charge in [-0.1, -0.05) is 48.5 Å². The monoisotopic (exact) mass is 380 g/mol. The van der Waals surface area contributed by atoms with Crippen molar-refractivity contribution in [3.8, 4) is 5.75 Å². The minimum atomic E-state index is -0.581. The molecule has 0 aromatic heterocycles. The van der Waals surface area contributed by atoms with Crippen LogP contribution in [0.5, 0.6) is 5.75 Å².